The van der Waals surface area contributed by atoms with Gasteiger partial charge in [-0.05, 0) is 30.3 Å². The Hall–Kier alpha value is -2.90. The van der Waals surface area contributed by atoms with Gasteiger partial charge in [-0.1, -0.05) is 43.3 Å². The number of benzene rings is 2. The first-order chi connectivity index (χ1) is 12.7. The van der Waals surface area contributed by atoms with Gasteiger partial charge in [0, 0.05) is 6.42 Å². The van der Waals surface area contributed by atoms with Crippen molar-refractivity contribution in [2.45, 2.75) is 13.3 Å². The van der Waals surface area contributed by atoms with Crippen LogP contribution in [-0.4, -0.2) is 28.0 Å². The van der Waals surface area contributed by atoms with E-state index < -0.39 is 0 Å². The Morgan fingerprint density at radius 3 is 2.54 bits per heavy atom. The van der Waals surface area contributed by atoms with Crippen molar-refractivity contribution in [1.82, 2.24) is 15.2 Å². The molecular weight excluding hydrogens is 348 g/mol. The molecule has 2 heterocycles. The molecule has 0 saturated carbocycles. The first kappa shape index (κ1) is 17.9. The summed E-state index contributed by atoms with van der Waals surface area (Å²) in [6.45, 7) is 1.89. The number of aromatic nitrogens is 3. The van der Waals surface area contributed by atoms with Crippen LogP contribution in [0.3, 0.4) is 0 Å². The first-order valence-electron chi connectivity index (χ1n) is 8.15. The van der Waals surface area contributed by atoms with Gasteiger partial charge in [-0.15, -0.1) is 21.5 Å². The van der Waals surface area contributed by atoms with Gasteiger partial charge in [0.15, 0.2) is 5.01 Å². The number of ketones is 1. The van der Waals surface area contributed by atoms with Crippen molar-refractivity contribution in [3.05, 3.63) is 65.3 Å². The summed E-state index contributed by atoms with van der Waals surface area (Å²) in [5.41, 5.74) is 7.51. The van der Waals surface area contributed by atoms with E-state index in [0.717, 1.165) is 21.3 Å². The summed E-state index contributed by atoms with van der Waals surface area (Å²) in [7, 11) is 1.50. The number of thiazole rings is 1. The smallest absolute Gasteiger partial charge is 0.291 e. The SMILES string of the molecule is CCc1nnc(C(=O)c2nc3ccc(-c4ccccc4)cc3s2)o1.CN. The fourth-order valence-corrected chi connectivity index (χ4v) is 3.35. The van der Waals surface area contributed by atoms with Crippen LogP contribution in [0.4, 0.5) is 0 Å². The summed E-state index contributed by atoms with van der Waals surface area (Å²) in [5, 5.41) is 7.99. The van der Waals surface area contributed by atoms with Gasteiger partial charge < -0.3 is 10.2 Å². The number of carbonyl (C=O) groups excluding carboxylic acids is 1. The van der Waals surface area contributed by atoms with Crippen LogP contribution < -0.4 is 5.73 Å². The van der Waals surface area contributed by atoms with E-state index in [4.69, 9.17) is 4.42 Å². The molecule has 2 aromatic heterocycles. The van der Waals surface area contributed by atoms with Crippen LogP contribution in [0.1, 0.15) is 28.5 Å². The molecule has 0 amide bonds. The van der Waals surface area contributed by atoms with Crippen LogP contribution in [0.5, 0.6) is 0 Å². The second-order valence-electron chi connectivity index (χ2n) is 5.25. The molecule has 2 N–H and O–H groups in total. The van der Waals surface area contributed by atoms with Crippen molar-refractivity contribution in [3.8, 4) is 11.1 Å². The molecule has 0 aliphatic heterocycles. The third kappa shape index (κ3) is 3.54. The van der Waals surface area contributed by atoms with Gasteiger partial charge in [-0.2, -0.15) is 0 Å². The van der Waals surface area contributed by atoms with E-state index in [1.54, 1.807) is 0 Å². The van der Waals surface area contributed by atoms with E-state index in [0.29, 0.717) is 17.3 Å². The van der Waals surface area contributed by atoms with Crippen molar-refractivity contribution >= 4 is 27.3 Å². The van der Waals surface area contributed by atoms with Crippen molar-refractivity contribution in [1.29, 1.82) is 0 Å². The molecule has 132 valence electrons. The van der Waals surface area contributed by atoms with Crippen LogP contribution in [0.25, 0.3) is 21.3 Å². The molecule has 0 spiro atoms. The lowest BCUT2D eigenvalue weighted by Crippen LogP contribution is -2.00. The molecule has 0 unspecified atom stereocenters. The predicted molar refractivity (Wildman–Crippen MR) is 102 cm³/mol. The maximum atomic E-state index is 12.5. The maximum Gasteiger partial charge on any atom is 0.291 e. The molecular formula is C19H18N4O2S. The number of hydrogen-bond acceptors (Lipinski definition) is 7. The molecule has 7 heteroatoms. The molecule has 0 saturated heterocycles. The third-order valence-corrected chi connectivity index (χ3v) is 4.67. The van der Waals surface area contributed by atoms with Gasteiger partial charge in [0.1, 0.15) is 0 Å². The highest BCUT2D eigenvalue weighted by molar-refractivity contribution is 7.20. The van der Waals surface area contributed by atoms with E-state index in [2.05, 4.69) is 33.0 Å². The normalized spacial score (nSPS) is 10.4. The zero-order chi connectivity index (χ0) is 18.5. The van der Waals surface area contributed by atoms with Crippen LogP contribution in [0.15, 0.2) is 52.9 Å². The van der Waals surface area contributed by atoms with Crippen molar-refractivity contribution in [2.24, 2.45) is 5.73 Å². The highest BCUT2D eigenvalue weighted by atomic mass is 32.1. The monoisotopic (exact) mass is 366 g/mol. The van der Waals surface area contributed by atoms with Crippen molar-refractivity contribution < 1.29 is 9.21 Å². The van der Waals surface area contributed by atoms with E-state index in [1.807, 2.05) is 43.3 Å². The quantitative estimate of drug-likeness (QED) is 0.553. The molecule has 0 fully saturated rings. The number of hydrogen-bond donors (Lipinski definition) is 1. The lowest BCUT2D eigenvalue weighted by Gasteiger charge is -2.00. The van der Waals surface area contributed by atoms with Crippen molar-refractivity contribution in [3.63, 3.8) is 0 Å². The Labute approximate surface area is 154 Å². The summed E-state index contributed by atoms with van der Waals surface area (Å²) in [4.78, 5) is 16.9. The highest BCUT2D eigenvalue weighted by Crippen LogP contribution is 2.29. The van der Waals surface area contributed by atoms with Crippen LogP contribution in [-0.2, 0) is 6.42 Å². The van der Waals surface area contributed by atoms with Gasteiger partial charge in [0.2, 0.25) is 5.89 Å². The Kier molecular flexibility index (Phi) is 5.50. The predicted octanol–water partition coefficient (Wildman–Crippen LogP) is 3.71. The zero-order valence-electron chi connectivity index (χ0n) is 14.5. The highest BCUT2D eigenvalue weighted by Gasteiger charge is 2.20. The minimum atomic E-state index is -0.329. The van der Waals surface area contributed by atoms with Crippen LogP contribution in [0.2, 0.25) is 0 Å². The zero-order valence-corrected chi connectivity index (χ0v) is 15.3. The second-order valence-corrected chi connectivity index (χ2v) is 6.28. The van der Waals surface area contributed by atoms with E-state index in [1.165, 1.54) is 18.4 Å². The molecule has 6 nitrogen and oxygen atoms in total. The van der Waals surface area contributed by atoms with Crippen LogP contribution in [0, 0.1) is 0 Å². The molecule has 0 aliphatic rings. The molecule has 4 rings (SSSR count). The fourth-order valence-electron chi connectivity index (χ4n) is 2.41. The molecule has 2 aromatic carbocycles. The summed E-state index contributed by atoms with van der Waals surface area (Å²) in [6.07, 6.45) is 0.598. The van der Waals surface area contributed by atoms with E-state index in [9.17, 15) is 4.79 Å². The van der Waals surface area contributed by atoms with E-state index >= 15 is 0 Å². The minimum Gasteiger partial charge on any atom is -0.418 e. The van der Waals surface area contributed by atoms with Gasteiger partial charge in [0.05, 0.1) is 10.2 Å². The van der Waals surface area contributed by atoms with E-state index in [-0.39, 0.29) is 11.7 Å². The maximum absolute atomic E-state index is 12.5. The average molecular weight is 366 g/mol. The van der Waals surface area contributed by atoms with Crippen molar-refractivity contribution in [2.75, 3.05) is 7.05 Å². The Balaban J connectivity index is 0.000000948. The van der Waals surface area contributed by atoms with Gasteiger partial charge >= 0.3 is 0 Å². The first-order valence-corrected chi connectivity index (χ1v) is 8.97. The summed E-state index contributed by atoms with van der Waals surface area (Å²) in [6, 6.07) is 16.1. The van der Waals surface area contributed by atoms with Gasteiger partial charge in [0.25, 0.3) is 11.7 Å². The standard InChI is InChI=1S/C18H13N3O2S.CH5N/c1-2-15-20-21-17(23-15)16(22)18-19-13-9-8-12(10-14(13)24-18)11-6-4-3-5-7-11;1-2/h3-10H,2H2,1H3;2H2,1H3. The molecule has 4 aromatic rings. The Bertz CT molecular complexity index is 1020. The number of carbonyl (C=O) groups is 1. The molecule has 0 aliphatic carbocycles. The molecule has 0 atom stereocenters. The third-order valence-electron chi connectivity index (χ3n) is 3.65. The lowest BCUT2D eigenvalue weighted by atomic mass is 10.1. The number of fused-ring (bicyclic) bond motifs is 1. The Morgan fingerprint density at radius 2 is 1.85 bits per heavy atom. The number of nitrogens with zero attached hydrogens (tertiary/aromatic N) is 3. The fraction of sp³-hybridized carbons (Fsp3) is 0.158. The Morgan fingerprint density at radius 1 is 1.08 bits per heavy atom. The summed E-state index contributed by atoms with van der Waals surface area (Å²) >= 11 is 1.34. The number of rotatable bonds is 4. The molecule has 26 heavy (non-hydrogen) atoms. The summed E-state index contributed by atoms with van der Waals surface area (Å²) < 4.78 is 6.29. The average Bonchev–Trinajstić information content (AvgIpc) is 3.36. The second kappa shape index (κ2) is 7.99. The van der Waals surface area contributed by atoms with Gasteiger partial charge in [-0.3, -0.25) is 4.79 Å². The lowest BCUT2D eigenvalue weighted by molar-refractivity contribution is 0.100. The largest absolute Gasteiger partial charge is 0.418 e. The number of aryl methyl sites for hydroxylation is 1. The topological polar surface area (TPSA) is 94.9 Å². The van der Waals surface area contributed by atoms with Crippen LogP contribution >= 0.6 is 11.3 Å². The molecule has 0 bridgehead atoms. The summed E-state index contributed by atoms with van der Waals surface area (Å²) in [5.74, 6) is 0.115. The minimum absolute atomic E-state index is 0.00538. The molecule has 0 radical (unpaired) electrons. The number of nitrogens with two attached hydrogens (primary N) is 1. The van der Waals surface area contributed by atoms with Gasteiger partial charge in [-0.25, -0.2) is 4.98 Å².